The third-order valence-corrected chi connectivity index (χ3v) is 4.32. The molecule has 0 saturated carbocycles. The molecule has 9 heteroatoms. The summed E-state index contributed by atoms with van der Waals surface area (Å²) in [7, 11) is -5.48. The lowest BCUT2D eigenvalue weighted by molar-refractivity contribution is -0.113. The highest BCUT2D eigenvalue weighted by Crippen LogP contribution is 2.26. The number of rotatable bonds is 8. The highest BCUT2D eigenvalue weighted by molar-refractivity contribution is 7.90. The fourth-order valence-corrected chi connectivity index (χ4v) is 2.29. The van der Waals surface area contributed by atoms with Crippen molar-refractivity contribution >= 4 is 15.8 Å². The zero-order valence-corrected chi connectivity index (χ0v) is 12.6. The van der Waals surface area contributed by atoms with Gasteiger partial charge in [-0.25, -0.2) is 8.42 Å². The van der Waals surface area contributed by atoms with E-state index in [-0.39, 0.29) is 23.1 Å². The standard InChI is InChI=1S/C12H17F3N2O3S/c1-10(11(2)18)6-4-3-5-8-17(9-7-16)21(19,20)12(13,14)15/h6H,3-5,8-9H2,1-2H3/b10-6+. The molecule has 0 N–H and O–H groups in total. The number of nitrogens with zero attached hydrogens (tertiary/aromatic N) is 2. The molecule has 0 aromatic heterocycles. The Labute approximate surface area is 122 Å². The van der Waals surface area contributed by atoms with E-state index >= 15 is 0 Å². The summed E-state index contributed by atoms with van der Waals surface area (Å²) in [4.78, 5) is 10.9. The molecule has 0 aromatic carbocycles. The predicted molar refractivity (Wildman–Crippen MR) is 70.4 cm³/mol. The number of sulfonamides is 1. The summed E-state index contributed by atoms with van der Waals surface area (Å²) in [5, 5.41) is 8.43. The van der Waals surface area contributed by atoms with Crippen LogP contribution in [-0.4, -0.2) is 37.1 Å². The van der Waals surface area contributed by atoms with Gasteiger partial charge in [-0.05, 0) is 38.7 Å². The van der Waals surface area contributed by atoms with Crippen molar-refractivity contribution in [2.24, 2.45) is 0 Å². The van der Waals surface area contributed by atoms with Gasteiger partial charge in [0.1, 0.15) is 6.54 Å². The van der Waals surface area contributed by atoms with E-state index in [0.29, 0.717) is 18.4 Å². The second kappa shape index (κ2) is 8.14. The van der Waals surface area contributed by atoms with Gasteiger partial charge in [0.25, 0.3) is 0 Å². The Morgan fingerprint density at radius 3 is 2.29 bits per heavy atom. The summed E-state index contributed by atoms with van der Waals surface area (Å²) in [6.07, 6.45) is 2.69. The number of hydrogen-bond donors (Lipinski definition) is 0. The van der Waals surface area contributed by atoms with Crippen molar-refractivity contribution < 1.29 is 26.4 Å². The van der Waals surface area contributed by atoms with Crippen molar-refractivity contribution in [3.63, 3.8) is 0 Å². The van der Waals surface area contributed by atoms with Gasteiger partial charge in [-0.15, -0.1) is 0 Å². The van der Waals surface area contributed by atoms with Crippen molar-refractivity contribution in [3.8, 4) is 6.07 Å². The van der Waals surface area contributed by atoms with Gasteiger partial charge >= 0.3 is 15.5 Å². The molecule has 5 nitrogen and oxygen atoms in total. The fraction of sp³-hybridized carbons (Fsp3) is 0.667. The molecule has 0 atom stereocenters. The average molecular weight is 326 g/mol. The smallest absolute Gasteiger partial charge is 0.295 e. The third kappa shape index (κ3) is 6.27. The molecule has 0 saturated heterocycles. The Morgan fingerprint density at radius 1 is 1.29 bits per heavy atom. The first-order valence-corrected chi connectivity index (χ1v) is 7.59. The second-order valence-electron chi connectivity index (χ2n) is 4.38. The van der Waals surface area contributed by atoms with E-state index in [1.54, 1.807) is 13.0 Å². The minimum absolute atomic E-state index is 0.0965. The molecule has 120 valence electrons. The molecule has 0 fully saturated rings. The van der Waals surface area contributed by atoms with Crippen LogP contribution in [0.5, 0.6) is 0 Å². The highest BCUT2D eigenvalue weighted by atomic mass is 32.2. The van der Waals surface area contributed by atoms with E-state index in [1.807, 2.05) is 0 Å². The van der Waals surface area contributed by atoms with E-state index in [2.05, 4.69) is 0 Å². The molecule has 0 amide bonds. The maximum atomic E-state index is 12.4. The Kier molecular flexibility index (Phi) is 7.60. The number of unbranched alkanes of at least 4 members (excludes halogenated alkanes) is 2. The van der Waals surface area contributed by atoms with Gasteiger partial charge in [-0.3, -0.25) is 4.79 Å². The molecule has 0 heterocycles. The van der Waals surface area contributed by atoms with Crippen LogP contribution in [0.25, 0.3) is 0 Å². The van der Waals surface area contributed by atoms with Gasteiger partial charge in [0.05, 0.1) is 6.07 Å². The van der Waals surface area contributed by atoms with Crippen molar-refractivity contribution in [3.05, 3.63) is 11.6 Å². The molecule has 21 heavy (non-hydrogen) atoms. The SMILES string of the molecule is CC(=O)/C(C)=C/CCCCN(CC#N)S(=O)(=O)C(F)(F)F. The lowest BCUT2D eigenvalue weighted by Gasteiger charge is -2.20. The summed E-state index contributed by atoms with van der Waals surface area (Å²) in [6.45, 7) is 1.79. The molecule has 0 aliphatic rings. The van der Waals surface area contributed by atoms with E-state index in [0.717, 1.165) is 0 Å². The molecule has 0 bridgehead atoms. The van der Waals surface area contributed by atoms with Crippen LogP contribution < -0.4 is 0 Å². The zero-order chi connectivity index (χ0) is 16.7. The first kappa shape index (κ1) is 19.6. The van der Waals surface area contributed by atoms with Gasteiger partial charge in [-0.1, -0.05) is 6.08 Å². The maximum absolute atomic E-state index is 12.4. The largest absolute Gasteiger partial charge is 0.511 e. The Hall–Kier alpha value is -1.40. The lowest BCUT2D eigenvalue weighted by atomic mass is 10.1. The average Bonchev–Trinajstić information content (AvgIpc) is 2.35. The summed E-state index contributed by atoms with van der Waals surface area (Å²) in [5.74, 6) is -0.0965. The Morgan fingerprint density at radius 2 is 1.86 bits per heavy atom. The first-order chi connectivity index (χ1) is 9.54. The lowest BCUT2D eigenvalue weighted by Crippen LogP contribution is -2.41. The fourth-order valence-electron chi connectivity index (χ4n) is 1.40. The Balaban J connectivity index is 4.54. The minimum atomic E-state index is -5.48. The van der Waals surface area contributed by atoms with Crippen LogP contribution in [-0.2, 0) is 14.8 Å². The molecular weight excluding hydrogens is 309 g/mol. The quantitative estimate of drug-likeness (QED) is 0.390. The number of allylic oxidation sites excluding steroid dienone is 2. The normalized spacial score (nSPS) is 13.3. The second-order valence-corrected chi connectivity index (χ2v) is 6.31. The number of ketones is 1. The van der Waals surface area contributed by atoms with Gasteiger partial charge in [0.15, 0.2) is 5.78 Å². The van der Waals surface area contributed by atoms with Crippen molar-refractivity contribution in [2.75, 3.05) is 13.1 Å². The van der Waals surface area contributed by atoms with Crippen molar-refractivity contribution in [1.82, 2.24) is 4.31 Å². The molecule has 0 aromatic rings. The molecule has 0 spiro atoms. The predicted octanol–water partition coefficient (Wildman–Crippen LogP) is 2.37. The first-order valence-electron chi connectivity index (χ1n) is 6.15. The number of carbonyl (C=O) groups excluding carboxylic acids is 1. The van der Waals surface area contributed by atoms with Gasteiger partial charge < -0.3 is 0 Å². The number of Topliss-reactive ketones (excluding diaryl/α,β-unsaturated/α-hetero) is 1. The van der Waals surface area contributed by atoms with Crippen LogP contribution in [0.1, 0.15) is 33.1 Å². The highest BCUT2D eigenvalue weighted by Gasteiger charge is 2.49. The topological polar surface area (TPSA) is 78.2 Å². The van der Waals surface area contributed by atoms with E-state index < -0.39 is 22.1 Å². The number of halogens is 3. The maximum Gasteiger partial charge on any atom is 0.511 e. The van der Waals surface area contributed by atoms with Crippen LogP contribution in [0.3, 0.4) is 0 Å². The molecule has 0 radical (unpaired) electrons. The molecule has 0 rings (SSSR count). The summed E-state index contributed by atoms with van der Waals surface area (Å²) in [6, 6.07) is 1.41. The van der Waals surface area contributed by atoms with E-state index in [9.17, 15) is 26.4 Å². The van der Waals surface area contributed by atoms with Crippen LogP contribution in [0, 0.1) is 11.3 Å². The van der Waals surface area contributed by atoms with Crippen molar-refractivity contribution in [2.45, 2.75) is 38.6 Å². The number of alkyl halides is 3. The molecule has 0 unspecified atom stereocenters. The van der Waals surface area contributed by atoms with Gasteiger partial charge in [0, 0.05) is 6.54 Å². The zero-order valence-electron chi connectivity index (χ0n) is 11.8. The summed E-state index contributed by atoms with van der Waals surface area (Å²) >= 11 is 0. The van der Waals surface area contributed by atoms with Crippen LogP contribution in [0.2, 0.25) is 0 Å². The van der Waals surface area contributed by atoms with E-state index in [1.165, 1.54) is 13.0 Å². The van der Waals surface area contributed by atoms with Crippen LogP contribution >= 0.6 is 0 Å². The molecule has 0 aliphatic carbocycles. The summed E-state index contributed by atoms with van der Waals surface area (Å²) in [5.41, 5.74) is -4.86. The van der Waals surface area contributed by atoms with E-state index in [4.69, 9.17) is 5.26 Å². The summed E-state index contributed by atoms with van der Waals surface area (Å²) < 4.78 is 59.7. The van der Waals surface area contributed by atoms with Crippen LogP contribution in [0.15, 0.2) is 11.6 Å². The van der Waals surface area contributed by atoms with Gasteiger partial charge in [0.2, 0.25) is 0 Å². The number of nitriles is 1. The number of carbonyl (C=O) groups is 1. The van der Waals surface area contributed by atoms with Gasteiger partial charge in [-0.2, -0.15) is 22.7 Å². The molecule has 0 aliphatic heterocycles. The van der Waals surface area contributed by atoms with Crippen molar-refractivity contribution in [1.29, 1.82) is 5.26 Å². The molecular formula is C12H17F3N2O3S. The number of hydrogen-bond acceptors (Lipinski definition) is 4. The van der Waals surface area contributed by atoms with Crippen LogP contribution in [0.4, 0.5) is 13.2 Å². The monoisotopic (exact) mass is 326 g/mol. The third-order valence-electron chi connectivity index (χ3n) is 2.75. The Bertz CT molecular complexity index is 533. The minimum Gasteiger partial charge on any atom is -0.295 e.